The number of benzene rings is 2. The Hall–Kier alpha value is -3.61. The van der Waals surface area contributed by atoms with Gasteiger partial charge in [0, 0.05) is 11.6 Å². The van der Waals surface area contributed by atoms with Crippen LogP contribution in [-0.4, -0.2) is 30.3 Å². The molecule has 0 aliphatic heterocycles. The van der Waals surface area contributed by atoms with E-state index in [2.05, 4.69) is 15.5 Å². The number of hydrogen-bond donors (Lipinski definition) is 1. The molecule has 0 bridgehead atoms. The van der Waals surface area contributed by atoms with Gasteiger partial charge < -0.3 is 19.3 Å². The smallest absolute Gasteiger partial charge is 0.246 e. The molecule has 7 nitrogen and oxygen atoms in total. The molecule has 0 saturated carbocycles. The van der Waals surface area contributed by atoms with Crippen LogP contribution in [0.15, 0.2) is 59.1 Å². The summed E-state index contributed by atoms with van der Waals surface area (Å²) in [5.74, 6) is 1.77. The Morgan fingerprint density at radius 2 is 1.89 bits per heavy atom. The predicted molar refractivity (Wildman–Crippen MR) is 100 cm³/mol. The lowest BCUT2D eigenvalue weighted by molar-refractivity contribution is -0.116. The van der Waals surface area contributed by atoms with Gasteiger partial charge in [-0.2, -0.15) is 4.98 Å². The third kappa shape index (κ3) is 4.72. The van der Waals surface area contributed by atoms with Crippen LogP contribution >= 0.6 is 0 Å². The Morgan fingerprint density at radius 1 is 1.11 bits per heavy atom. The van der Waals surface area contributed by atoms with Gasteiger partial charge in [0.2, 0.25) is 17.6 Å². The van der Waals surface area contributed by atoms with Crippen LogP contribution in [0.4, 0.5) is 0 Å². The van der Waals surface area contributed by atoms with Crippen LogP contribution < -0.4 is 14.8 Å². The van der Waals surface area contributed by atoms with Gasteiger partial charge in [-0.25, -0.2) is 0 Å². The molecule has 0 spiro atoms. The van der Waals surface area contributed by atoms with Gasteiger partial charge in [0.05, 0.1) is 20.8 Å². The van der Waals surface area contributed by atoms with E-state index in [1.54, 1.807) is 32.4 Å². The molecule has 0 atom stereocenters. The Kier molecular flexibility index (Phi) is 5.84. The van der Waals surface area contributed by atoms with Crippen molar-refractivity contribution < 1.29 is 18.8 Å². The van der Waals surface area contributed by atoms with Crippen molar-refractivity contribution in [2.24, 2.45) is 0 Å². The summed E-state index contributed by atoms with van der Waals surface area (Å²) in [5, 5.41) is 6.62. The molecule has 2 aromatic carbocycles. The number of aromatic nitrogens is 2. The van der Waals surface area contributed by atoms with Crippen LogP contribution in [0.1, 0.15) is 11.5 Å². The van der Waals surface area contributed by atoms with Gasteiger partial charge in [-0.1, -0.05) is 41.6 Å². The lowest BCUT2D eigenvalue weighted by atomic mass is 10.2. The molecule has 0 aliphatic rings. The quantitative estimate of drug-likeness (QED) is 0.648. The number of carbonyl (C=O) groups excluding carboxylic acids is 1. The zero-order valence-electron chi connectivity index (χ0n) is 15.0. The molecule has 0 fully saturated rings. The van der Waals surface area contributed by atoms with Crippen molar-refractivity contribution in [1.82, 2.24) is 15.5 Å². The summed E-state index contributed by atoms with van der Waals surface area (Å²) in [6.07, 6.45) is 3.11. The largest absolute Gasteiger partial charge is 0.493 e. The fourth-order valence-electron chi connectivity index (χ4n) is 2.38. The molecule has 1 heterocycles. The second kappa shape index (κ2) is 8.66. The molecule has 3 aromatic rings. The van der Waals surface area contributed by atoms with E-state index < -0.39 is 0 Å². The SMILES string of the molecule is COc1ccc(/C=C/C(=O)NCc2nc(-c3ccccc3)no2)cc1OC. The number of ether oxygens (including phenoxy) is 2. The summed E-state index contributed by atoms with van der Waals surface area (Å²) in [5.41, 5.74) is 1.67. The van der Waals surface area contributed by atoms with Crippen molar-refractivity contribution in [3.63, 3.8) is 0 Å². The van der Waals surface area contributed by atoms with Crippen LogP contribution in [0.25, 0.3) is 17.5 Å². The monoisotopic (exact) mass is 365 g/mol. The van der Waals surface area contributed by atoms with Gasteiger partial charge in [-0.3, -0.25) is 4.79 Å². The Balaban J connectivity index is 1.57. The molecular formula is C20H19N3O4. The molecule has 0 saturated heterocycles. The van der Waals surface area contributed by atoms with Crippen molar-refractivity contribution in [3.05, 3.63) is 66.1 Å². The highest BCUT2D eigenvalue weighted by Gasteiger charge is 2.09. The minimum atomic E-state index is -0.274. The predicted octanol–water partition coefficient (Wildman–Crippen LogP) is 3.08. The average Bonchev–Trinajstić information content (AvgIpc) is 3.20. The van der Waals surface area contributed by atoms with Gasteiger partial charge >= 0.3 is 0 Å². The van der Waals surface area contributed by atoms with Crippen LogP contribution in [-0.2, 0) is 11.3 Å². The van der Waals surface area contributed by atoms with E-state index in [0.29, 0.717) is 23.2 Å². The van der Waals surface area contributed by atoms with Gasteiger partial charge in [-0.05, 0) is 23.8 Å². The van der Waals surface area contributed by atoms with Crippen molar-refractivity contribution in [2.45, 2.75) is 6.54 Å². The third-order valence-corrected chi connectivity index (χ3v) is 3.75. The molecule has 0 unspecified atom stereocenters. The number of nitrogens with zero attached hydrogens (tertiary/aromatic N) is 2. The number of hydrogen-bond acceptors (Lipinski definition) is 6. The van der Waals surface area contributed by atoms with Crippen LogP contribution in [0, 0.1) is 0 Å². The Bertz CT molecular complexity index is 935. The molecule has 0 radical (unpaired) electrons. The average molecular weight is 365 g/mol. The van der Waals surface area contributed by atoms with Crippen molar-refractivity contribution in [3.8, 4) is 22.9 Å². The van der Waals surface area contributed by atoms with Crippen LogP contribution in [0.2, 0.25) is 0 Å². The van der Waals surface area contributed by atoms with Crippen molar-refractivity contribution >= 4 is 12.0 Å². The molecule has 1 N–H and O–H groups in total. The van der Waals surface area contributed by atoms with Gasteiger partial charge in [0.25, 0.3) is 0 Å². The van der Waals surface area contributed by atoms with E-state index in [0.717, 1.165) is 11.1 Å². The van der Waals surface area contributed by atoms with Gasteiger partial charge in [0.15, 0.2) is 11.5 Å². The first-order chi connectivity index (χ1) is 13.2. The van der Waals surface area contributed by atoms with Gasteiger partial charge in [-0.15, -0.1) is 0 Å². The second-order valence-corrected chi connectivity index (χ2v) is 5.54. The molecule has 1 aromatic heterocycles. The van der Waals surface area contributed by atoms with E-state index in [-0.39, 0.29) is 12.5 Å². The minimum Gasteiger partial charge on any atom is -0.493 e. The number of methoxy groups -OCH3 is 2. The number of carbonyl (C=O) groups is 1. The van der Waals surface area contributed by atoms with Crippen molar-refractivity contribution in [2.75, 3.05) is 14.2 Å². The topological polar surface area (TPSA) is 86.5 Å². The lowest BCUT2D eigenvalue weighted by Gasteiger charge is -2.07. The van der Waals surface area contributed by atoms with E-state index >= 15 is 0 Å². The number of nitrogens with one attached hydrogen (secondary N) is 1. The van der Waals surface area contributed by atoms with E-state index in [1.165, 1.54) is 6.08 Å². The first kappa shape index (κ1) is 18.2. The Labute approximate surface area is 156 Å². The summed E-state index contributed by atoms with van der Waals surface area (Å²) < 4.78 is 15.6. The fraction of sp³-hybridized carbons (Fsp3) is 0.150. The first-order valence-electron chi connectivity index (χ1n) is 8.25. The highest BCUT2D eigenvalue weighted by Crippen LogP contribution is 2.27. The third-order valence-electron chi connectivity index (χ3n) is 3.75. The molecule has 3 rings (SSSR count). The first-order valence-corrected chi connectivity index (χ1v) is 8.25. The Morgan fingerprint density at radius 3 is 2.63 bits per heavy atom. The summed E-state index contributed by atoms with van der Waals surface area (Å²) in [4.78, 5) is 16.3. The normalized spacial score (nSPS) is 10.7. The fourth-order valence-corrected chi connectivity index (χ4v) is 2.38. The van der Waals surface area contributed by atoms with Crippen molar-refractivity contribution in [1.29, 1.82) is 0 Å². The number of rotatable bonds is 7. The molecule has 7 heteroatoms. The maximum atomic E-state index is 12.0. The maximum Gasteiger partial charge on any atom is 0.246 e. The van der Waals surface area contributed by atoms with Crippen LogP contribution in [0.5, 0.6) is 11.5 Å². The summed E-state index contributed by atoms with van der Waals surface area (Å²) in [7, 11) is 3.13. The van der Waals surface area contributed by atoms with E-state index in [9.17, 15) is 4.79 Å². The standard InChI is InChI=1S/C20H19N3O4/c1-25-16-10-8-14(12-17(16)26-2)9-11-18(24)21-13-19-22-20(23-27-19)15-6-4-3-5-7-15/h3-12H,13H2,1-2H3,(H,21,24)/b11-9+. The molecule has 0 aliphatic carbocycles. The molecule has 1 amide bonds. The zero-order chi connectivity index (χ0) is 19.1. The maximum absolute atomic E-state index is 12.0. The van der Waals surface area contributed by atoms with Crippen LogP contribution in [0.3, 0.4) is 0 Å². The molecular weight excluding hydrogens is 346 g/mol. The molecule has 138 valence electrons. The summed E-state index contributed by atoms with van der Waals surface area (Å²) in [6, 6.07) is 14.9. The summed E-state index contributed by atoms with van der Waals surface area (Å²) in [6.45, 7) is 0.148. The second-order valence-electron chi connectivity index (χ2n) is 5.54. The minimum absolute atomic E-state index is 0.148. The molecule has 27 heavy (non-hydrogen) atoms. The highest BCUT2D eigenvalue weighted by molar-refractivity contribution is 5.91. The zero-order valence-corrected chi connectivity index (χ0v) is 15.0. The van der Waals surface area contributed by atoms with E-state index in [4.69, 9.17) is 14.0 Å². The van der Waals surface area contributed by atoms with E-state index in [1.807, 2.05) is 36.4 Å². The summed E-state index contributed by atoms with van der Waals surface area (Å²) >= 11 is 0. The number of amides is 1. The lowest BCUT2D eigenvalue weighted by Crippen LogP contribution is -2.20. The van der Waals surface area contributed by atoms with Gasteiger partial charge in [0.1, 0.15) is 0 Å². The highest BCUT2D eigenvalue weighted by atomic mass is 16.5.